The second kappa shape index (κ2) is 6.17. The largest absolute Gasteiger partial charge is 0.480 e. The van der Waals surface area contributed by atoms with E-state index in [9.17, 15) is 19.2 Å². The van der Waals surface area contributed by atoms with Crippen LogP contribution in [0.5, 0.6) is 0 Å². The normalized spacial score (nSPS) is 25.3. The number of nitrogens with zero attached hydrogens (tertiary/aromatic N) is 2. The molecule has 2 fully saturated rings. The standard InChI is InChI=1S/C15H20N2O6/c1-15(2,7-16-9(13(20)21)3-5-11(16)18)8-17-10(14(22)23)4-6-12(17)19/h9-10H,1-8H2,(H,20,21)(H,22,23)/t9-,10-/m0/s1. The molecule has 2 heterocycles. The molecule has 2 radical (unpaired) electrons. The Morgan fingerprint density at radius 1 is 0.957 bits per heavy atom. The van der Waals surface area contributed by atoms with Gasteiger partial charge < -0.3 is 20.0 Å². The van der Waals surface area contributed by atoms with E-state index in [2.05, 4.69) is 13.8 Å². The number of carbonyl (C=O) groups excluding carboxylic acids is 2. The molecule has 2 amide bonds. The van der Waals surface area contributed by atoms with Crippen molar-refractivity contribution < 1.29 is 29.4 Å². The predicted molar refractivity (Wildman–Crippen MR) is 77.9 cm³/mol. The van der Waals surface area contributed by atoms with E-state index in [0.29, 0.717) is 0 Å². The molecule has 0 aromatic rings. The number of carboxylic acids is 2. The zero-order valence-corrected chi connectivity index (χ0v) is 12.7. The fourth-order valence-electron chi connectivity index (χ4n) is 3.15. The van der Waals surface area contributed by atoms with Crippen LogP contribution in [0, 0.1) is 19.3 Å². The van der Waals surface area contributed by atoms with Gasteiger partial charge in [-0.05, 0) is 26.7 Å². The molecule has 0 bridgehead atoms. The quantitative estimate of drug-likeness (QED) is 0.699. The van der Waals surface area contributed by atoms with E-state index in [0.717, 1.165) is 0 Å². The molecule has 2 aliphatic rings. The number of carboxylic acid groups (broad SMARTS) is 2. The van der Waals surface area contributed by atoms with Gasteiger partial charge in [0.2, 0.25) is 11.8 Å². The molecule has 8 heteroatoms. The van der Waals surface area contributed by atoms with Crippen molar-refractivity contribution in [3.05, 3.63) is 13.8 Å². The third kappa shape index (κ3) is 3.62. The maximum Gasteiger partial charge on any atom is 0.326 e. The molecule has 23 heavy (non-hydrogen) atoms. The number of aliphatic carboxylic acids is 2. The van der Waals surface area contributed by atoms with Crippen LogP contribution in [0.4, 0.5) is 0 Å². The first kappa shape index (κ1) is 17.2. The number of rotatable bonds is 6. The summed E-state index contributed by atoms with van der Waals surface area (Å²) in [5, 5.41) is 18.3. The van der Waals surface area contributed by atoms with Gasteiger partial charge in [-0.2, -0.15) is 0 Å². The summed E-state index contributed by atoms with van der Waals surface area (Å²) in [7, 11) is 0. The zero-order chi connectivity index (χ0) is 17.4. The van der Waals surface area contributed by atoms with E-state index < -0.39 is 29.4 Å². The van der Waals surface area contributed by atoms with Gasteiger partial charge in [-0.15, -0.1) is 0 Å². The van der Waals surface area contributed by atoms with Crippen LogP contribution < -0.4 is 0 Å². The summed E-state index contributed by atoms with van der Waals surface area (Å²) in [6, 6.07) is -1.84. The van der Waals surface area contributed by atoms with E-state index in [1.165, 1.54) is 9.80 Å². The van der Waals surface area contributed by atoms with Gasteiger partial charge in [-0.25, -0.2) is 9.59 Å². The van der Waals surface area contributed by atoms with E-state index in [-0.39, 0.29) is 50.6 Å². The number of likely N-dealkylation sites (tertiary alicyclic amines) is 2. The van der Waals surface area contributed by atoms with Crippen molar-refractivity contribution in [2.75, 3.05) is 13.1 Å². The monoisotopic (exact) mass is 324 g/mol. The Hall–Kier alpha value is -2.12. The molecule has 0 saturated carbocycles. The molecular weight excluding hydrogens is 304 g/mol. The van der Waals surface area contributed by atoms with Crippen molar-refractivity contribution in [3.8, 4) is 0 Å². The number of amides is 2. The van der Waals surface area contributed by atoms with Gasteiger partial charge in [0.05, 0.1) is 0 Å². The molecule has 2 atom stereocenters. The Balaban J connectivity index is 2.09. The highest BCUT2D eigenvalue weighted by Gasteiger charge is 2.42. The van der Waals surface area contributed by atoms with Crippen LogP contribution in [0.2, 0.25) is 0 Å². The highest BCUT2D eigenvalue weighted by molar-refractivity contribution is 5.88. The van der Waals surface area contributed by atoms with Gasteiger partial charge in [0.15, 0.2) is 0 Å². The Labute approximate surface area is 134 Å². The van der Waals surface area contributed by atoms with Gasteiger partial charge in [0.25, 0.3) is 0 Å². The van der Waals surface area contributed by atoms with Gasteiger partial charge in [0, 0.05) is 31.3 Å². The van der Waals surface area contributed by atoms with Crippen LogP contribution in [0.1, 0.15) is 25.7 Å². The van der Waals surface area contributed by atoms with Gasteiger partial charge in [-0.3, -0.25) is 9.59 Å². The first-order chi connectivity index (χ1) is 10.6. The molecule has 0 unspecified atom stereocenters. The fraction of sp³-hybridized carbons (Fsp3) is 0.600. The Kier molecular flexibility index (Phi) is 4.63. The van der Waals surface area contributed by atoms with Gasteiger partial charge >= 0.3 is 11.9 Å². The average molecular weight is 324 g/mol. The maximum atomic E-state index is 11.9. The topological polar surface area (TPSA) is 115 Å². The van der Waals surface area contributed by atoms with E-state index in [1.54, 1.807) is 0 Å². The molecule has 2 aliphatic heterocycles. The van der Waals surface area contributed by atoms with Crippen LogP contribution >= 0.6 is 0 Å². The molecule has 0 spiro atoms. The van der Waals surface area contributed by atoms with Gasteiger partial charge in [-0.1, -0.05) is 0 Å². The zero-order valence-electron chi connectivity index (χ0n) is 12.7. The average Bonchev–Trinajstić information content (AvgIpc) is 2.94. The smallest absolute Gasteiger partial charge is 0.326 e. The molecule has 2 rings (SSSR count). The predicted octanol–water partition coefficient (Wildman–Crippen LogP) is -0.208. The molecule has 0 aliphatic carbocycles. The van der Waals surface area contributed by atoms with Crippen LogP contribution in [0.3, 0.4) is 0 Å². The molecule has 2 N–H and O–H groups in total. The lowest BCUT2D eigenvalue weighted by molar-refractivity contribution is -0.148. The number of hydrogen-bond acceptors (Lipinski definition) is 4. The van der Waals surface area contributed by atoms with Crippen LogP contribution in [0.25, 0.3) is 0 Å². The summed E-state index contributed by atoms with van der Waals surface area (Å²) in [6.45, 7) is 7.65. The summed E-state index contributed by atoms with van der Waals surface area (Å²) in [4.78, 5) is 48.6. The molecule has 126 valence electrons. The highest BCUT2D eigenvalue weighted by Crippen LogP contribution is 2.29. The van der Waals surface area contributed by atoms with Crippen molar-refractivity contribution >= 4 is 23.8 Å². The Morgan fingerprint density at radius 2 is 1.30 bits per heavy atom. The van der Waals surface area contributed by atoms with E-state index >= 15 is 0 Å². The lowest BCUT2D eigenvalue weighted by atomic mass is 9.91. The van der Waals surface area contributed by atoms with E-state index in [4.69, 9.17) is 10.2 Å². The minimum Gasteiger partial charge on any atom is -0.480 e. The lowest BCUT2D eigenvalue weighted by Crippen LogP contribution is -2.50. The fourth-order valence-corrected chi connectivity index (χ4v) is 3.15. The Bertz CT molecular complexity index is 498. The lowest BCUT2D eigenvalue weighted by Gasteiger charge is -2.36. The van der Waals surface area contributed by atoms with Gasteiger partial charge in [0.1, 0.15) is 12.1 Å². The van der Waals surface area contributed by atoms with Crippen molar-refractivity contribution in [1.29, 1.82) is 0 Å². The third-order valence-corrected chi connectivity index (χ3v) is 4.24. The van der Waals surface area contributed by atoms with Crippen LogP contribution in [0.15, 0.2) is 0 Å². The Morgan fingerprint density at radius 3 is 1.61 bits per heavy atom. The minimum atomic E-state index is -1.10. The highest BCUT2D eigenvalue weighted by atomic mass is 16.4. The molecular formula is C15H20N2O6. The number of hydrogen-bond donors (Lipinski definition) is 2. The summed E-state index contributed by atoms with van der Waals surface area (Å²) in [5.41, 5.74) is -1.10. The SMILES string of the molecule is [CH2]C([CH2])(CN1C(=O)CC[C@H]1C(=O)O)CN1C(=O)CC[C@H]1C(=O)O. The van der Waals surface area contributed by atoms with Crippen molar-refractivity contribution in [1.82, 2.24) is 9.80 Å². The second-order valence-corrected chi connectivity index (χ2v) is 6.33. The van der Waals surface area contributed by atoms with Crippen molar-refractivity contribution in [2.24, 2.45) is 5.41 Å². The van der Waals surface area contributed by atoms with Crippen LogP contribution in [-0.4, -0.2) is 68.9 Å². The van der Waals surface area contributed by atoms with Crippen molar-refractivity contribution in [2.45, 2.75) is 37.8 Å². The summed E-state index contributed by atoms with van der Waals surface area (Å²) in [6.07, 6.45) is 0.746. The number of carbonyl (C=O) groups is 4. The minimum absolute atomic E-state index is 0.0427. The molecule has 8 nitrogen and oxygen atoms in total. The first-order valence-electron chi connectivity index (χ1n) is 7.37. The summed E-state index contributed by atoms with van der Waals surface area (Å²) in [5.74, 6) is -2.77. The van der Waals surface area contributed by atoms with E-state index in [1.807, 2.05) is 0 Å². The summed E-state index contributed by atoms with van der Waals surface area (Å²) < 4.78 is 0. The molecule has 0 aromatic heterocycles. The van der Waals surface area contributed by atoms with Crippen LogP contribution in [-0.2, 0) is 19.2 Å². The second-order valence-electron chi connectivity index (χ2n) is 6.33. The van der Waals surface area contributed by atoms with Crippen molar-refractivity contribution in [3.63, 3.8) is 0 Å². The maximum absolute atomic E-state index is 11.9. The molecule has 0 aromatic carbocycles. The first-order valence-corrected chi connectivity index (χ1v) is 7.37. The third-order valence-electron chi connectivity index (χ3n) is 4.24. The summed E-state index contributed by atoms with van der Waals surface area (Å²) >= 11 is 0. The molecule has 2 saturated heterocycles.